The summed E-state index contributed by atoms with van der Waals surface area (Å²) in [6.45, 7) is 3.87. The number of carbonyl (C=O) groups excluding carboxylic acids is 1. The molecule has 2 rings (SSSR count). The summed E-state index contributed by atoms with van der Waals surface area (Å²) >= 11 is 6.04. The lowest BCUT2D eigenvalue weighted by atomic mass is 10.1. The molecule has 0 fully saturated rings. The Morgan fingerprint density at radius 2 is 1.91 bits per heavy atom. The van der Waals surface area contributed by atoms with Gasteiger partial charge in [-0.25, -0.2) is 4.79 Å². The number of carbonyl (C=O) groups is 1. The predicted octanol–water partition coefficient (Wildman–Crippen LogP) is 4.50. The predicted molar refractivity (Wildman–Crippen MR) is 94.2 cm³/mol. The van der Waals surface area contributed by atoms with Crippen molar-refractivity contribution in [1.29, 1.82) is 0 Å². The van der Waals surface area contributed by atoms with Gasteiger partial charge in [0.1, 0.15) is 5.75 Å². The van der Waals surface area contributed by atoms with E-state index in [2.05, 4.69) is 10.6 Å². The largest absolute Gasteiger partial charge is 0.508 e. The summed E-state index contributed by atoms with van der Waals surface area (Å²) in [7, 11) is 0. The number of phenolic OH excluding ortho intramolecular Hbond substituents is 1. The van der Waals surface area contributed by atoms with Crippen LogP contribution in [-0.2, 0) is 6.42 Å². The second-order valence-electron chi connectivity index (χ2n) is 5.67. The van der Waals surface area contributed by atoms with Crippen LogP contribution in [0.4, 0.5) is 10.5 Å². The lowest BCUT2D eigenvalue weighted by Gasteiger charge is -2.15. The molecule has 0 unspecified atom stereocenters. The number of rotatable bonds is 5. The van der Waals surface area contributed by atoms with Crippen LogP contribution in [0.2, 0.25) is 5.02 Å². The Morgan fingerprint density at radius 3 is 2.57 bits per heavy atom. The number of aryl methyl sites for hydroxylation is 2. The van der Waals surface area contributed by atoms with Crippen molar-refractivity contribution in [2.45, 2.75) is 32.7 Å². The highest BCUT2D eigenvalue weighted by Crippen LogP contribution is 2.19. The Kier molecular flexibility index (Phi) is 5.88. The van der Waals surface area contributed by atoms with Crippen LogP contribution in [0.1, 0.15) is 24.5 Å². The van der Waals surface area contributed by atoms with Crippen molar-refractivity contribution >= 4 is 23.3 Å². The van der Waals surface area contributed by atoms with Crippen molar-refractivity contribution in [2.24, 2.45) is 0 Å². The van der Waals surface area contributed by atoms with E-state index in [4.69, 9.17) is 11.6 Å². The van der Waals surface area contributed by atoms with Gasteiger partial charge < -0.3 is 15.7 Å². The Bertz CT molecular complexity index is 671. The quantitative estimate of drug-likeness (QED) is 0.755. The second-order valence-corrected chi connectivity index (χ2v) is 6.08. The molecule has 122 valence electrons. The van der Waals surface area contributed by atoms with Gasteiger partial charge in [0.15, 0.2) is 0 Å². The number of benzene rings is 2. The molecule has 0 radical (unpaired) electrons. The second kappa shape index (κ2) is 7.88. The van der Waals surface area contributed by atoms with E-state index in [9.17, 15) is 9.90 Å². The van der Waals surface area contributed by atoms with Crippen molar-refractivity contribution in [3.8, 4) is 5.75 Å². The van der Waals surface area contributed by atoms with Gasteiger partial charge >= 0.3 is 6.03 Å². The number of amides is 2. The van der Waals surface area contributed by atoms with Crippen LogP contribution in [0.5, 0.6) is 5.75 Å². The van der Waals surface area contributed by atoms with Gasteiger partial charge in [-0.3, -0.25) is 0 Å². The first-order valence-corrected chi connectivity index (χ1v) is 7.93. The molecule has 0 aliphatic carbocycles. The molecular formula is C18H21ClN2O2. The SMILES string of the molecule is Cc1ccc(NC(=O)N[C@H](C)CCc2ccc(O)cc2)cc1Cl. The minimum atomic E-state index is -0.247. The van der Waals surface area contributed by atoms with Crippen molar-refractivity contribution in [1.82, 2.24) is 5.32 Å². The van der Waals surface area contributed by atoms with E-state index in [1.807, 2.05) is 38.1 Å². The molecule has 0 aliphatic heterocycles. The molecule has 5 heteroatoms. The van der Waals surface area contributed by atoms with Gasteiger partial charge in [0.05, 0.1) is 0 Å². The van der Waals surface area contributed by atoms with Crippen LogP contribution < -0.4 is 10.6 Å². The molecule has 1 atom stereocenters. The molecule has 0 saturated heterocycles. The maximum Gasteiger partial charge on any atom is 0.319 e. The third kappa shape index (κ3) is 5.49. The maximum absolute atomic E-state index is 12.0. The van der Waals surface area contributed by atoms with Crippen molar-refractivity contribution in [3.63, 3.8) is 0 Å². The highest BCUT2D eigenvalue weighted by Gasteiger charge is 2.08. The number of phenols is 1. The highest BCUT2D eigenvalue weighted by atomic mass is 35.5. The first-order valence-electron chi connectivity index (χ1n) is 7.55. The molecule has 0 aromatic heterocycles. The number of hydrogen-bond donors (Lipinski definition) is 3. The lowest BCUT2D eigenvalue weighted by Crippen LogP contribution is -2.36. The van der Waals surface area contributed by atoms with Crippen LogP contribution in [-0.4, -0.2) is 17.2 Å². The Hall–Kier alpha value is -2.20. The number of halogens is 1. The van der Waals surface area contributed by atoms with Gasteiger partial charge in [0.25, 0.3) is 0 Å². The summed E-state index contributed by atoms with van der Waals surface area (Å²) < 4.78 is 0. The minimum Gasteiger partial charge on any atom is -0.508 e. The van der Waals surface area contributed by atoms with Gasteiger partial charge in [0.2, 0.25) is 0 Å². The monoisotopic (exact) mass is 332 g/mol. The summed E-state index contributed by atoms with van der Waals surface area (Å²) in [5, 5.41) is 15.6. The van der Waals surface area contributed by atoms with Crippen molar-refractivity contribution in [3.05, 3.63) is 58.6 Å². The van der Waals surface area contributed by atoms with Gasteiger partial charge in [0, 0.05) is 16.8 Å². The zero-order chi connectivity index (χ0) is 16.8. The fourth-order valence-electron chi connectivity index (χ4n) is 2.18. The van der Waals surface area contributed by atoms with Crippen LogP contribution in [0.25, 0.3) is 0 Å². The first-order chi connectivity index (χ1) is 10.9. The standard InChI is InChI=1S/C18H21ClN2O2/c1-12-3-8-15(11-17(12)19)21-18(23)20-13(2)4-5-14-6-9-16(22)10-7-14/h3,6-11,13,22H,4-5H2,1-2H3,(H2,20,21,23)/t13-/m1/s1. The third-order valence-electron chi connectivity index (χ3n) is 3.61. The number of nitrogens with one attached hydrogen (secondary N) is 2. The van der Waals surface area contributed by atoms with Crippen LogP contribution in [0, 0.1) is 6.92 Å². The van der Waals surface area contributed by atoms with E-state index in [0.717, 1.165) is 24.0 Å². The summed E-state index contributed by atoms with van der Waals surface area (Å²) in [6, 6.07) is 12.3. The fourth-order valence-corrected chi connectivity index (χ4v) is 2.36. The first kappa shape index (κ1) is 17.2. The van der Waals surface area contributed by atoms with Gasteiger partial charge in [-0.05, 0) is 62.1 Å². The van der Waals surface area contributed by atoms with Gasteiger partial charge in [-0.2, -0.15) is 0 Å². The number of hydrogen-bond acceptors (Lipinski definition) is 2. The molecular weight excluding hydrogens is 312 g/mol. The average molecular weight is 333 g/mol. The summed E-state index contributed by atoms with van der Waals surface area (Å²) in [5.41, 5.74) is 2.77. The van der Waals surface area contributed by atoms with Gasteiger partial charge in [-0.1, -0.05) is 29.8 Å². The molecule has 0 saturated carbocycles. The number of aromatic hydroxyl groups is 1. The average Bonchev–Trinajstić information content (AvgIpc) is 2.50. The maximum atomic E-state index is 12.0. The lowest BCUT2D eigenvalue weighted by molar-refractivity contribution is 0.248. The molecule has 2 aromatic rings. The minimum absolute atomic E-state index is 0.0322. The smallest absolute Gasteiger partial charge is 0.319 e. The summed E-state index contributed by atoms with van der Waals surface area (Å²) in [6.07, 6.45) is 1.64. The zero-order valence-corrected chi connectivity index (χ0v) is 14.0. The van der Waals surface area contributed by atoms with E-state index < -0.39 is 0 Å². The molecule has 3 N–H and O–H groups in total. The van der Waals surface area contributed by atoms with E-state index in [0.29, 0.717) is 10.7 Å². The van der Waals surface area contributed by atoms with Crippen molar-refractivity contribution < 1.29 is 9.90 Å². The van der Waals surface area contributed by atoms with Crippen LogP contribution in [0.15, 0.2) is 42.5 Å². The highest BCUT2D eigenvalue weighted by molar-refractivity contribution is 6.31. The molecule has 0 bridgehead atoms. The van der Waals surface area contributed by atoms with E-state index in [1.165, 1.54) is 0 Å². The van der Waals surface area contributed by atoms with E-state index in [-0.39, 0.29) is 17.8 Å². The molecule has 0 spiro atoms. The van der Waals surface area contributed by atoms with E-state index in [1.54, 1.807) is 18.2 Å². The fraction of sp³-hybridized carbons (Fsp3) is 0.278. The molecule has 0 aliphatic rings. The molecule has 2 aromatic carbocycles. The molecule has 4 nitrogen and oxygen atoms in total. The number of urea groups is 1. The topological polar surface area (TPSA) is 61.4 Å². The summed E-state index contributed by atoms with van der Waals surface area (Å²) in [4.78, 5) is 12.0. The number of anilines is 1. The normalized spacial score (nSPS) is 11.8. The summed E-state index contributed by atoms with van der Waals surface area (Å²) in [5.74, 6) is 0.260. The van der Waals surface area contributed by atoms with E-state index >= 15 is 0 Å². The van der Waals surface area contributed by atoms with Crippen LogP contribution >= 0.6 is 11.6 Å². The Morgan fingerprint density at radius 1 is 1.22 bits per heavy atom. The Labute approximate surface area is 141 Å². The third-order valence-corrected chi connectivity index (χ3v) is 4.02. The Balaban J connectivity index is 1.79. The molecule has 23 heavy (non-hydrogen) atoms. The molecule has 0 heterocycles. The zero-order valence-electron chi connectivity index (χ0n) is 13.3. The molecule has 2 amide bonds. The van der Waals surface area contributed by atoms with Gasteiger partial charge in [-0.15, -0.1) is 0 Å². The van der Waals surface area contributed by atoms with Crippen molar-refractivity contribution in [2.75, 3.05) is 5.32 Å². The van der Waals surface area contributed by atoms with Crippen LogP contribution in [0.3, 0.4) is 0 Å².